The number of fused-ring (bicyclic) bond motifs is 1. The summed E-state index contributed by atoms with van der Waals surface area (Å²) < 4.78 is 0. The van der Waals surface area contributed by atoms with Crippen LogP contribution in [0.5, 0.6) is 0 Å². The van der Waals surface area contributed by atoms with E-state index in [1.165, 1.54) is 24.9 Å². The van der Waals surface area contributed by atoms with Crippen LogP contribution >= 0.6 is 0 Å². The van der Waals surface area contributed by atoms with Gasteiger partial charge in [-0.3, -0.25) is 5.10 Å². The second-order valence-electron chi connectivity index (χ2n) is 6.20. The summed E-state index contributed by atoms with van der Waals surface area (Å²) in [5, 5.41) is 11.1. The minimum Gasteiger partial charge on any atom is -0.372 e. The van der Waals surface area contributed by atoms with Crippen molar-refractivity contribution in [2.24, 2.45) is 5.92 Å². The molecule has 1 aromatic carbocycles. The first-order chi connectivity index (χ1) is 11.3. The lowest BCUT2D eigenvalue weighted by Gasteiger charge is -2.32. The molecule has 3 heterocycles. The van der Waals surface area contributed by atoms with Crippen molar-refractivity contribution in [3.8, 4) is 0 Å². The summed E-state index contributed by atoms with van der Waals surface area (Å²) in [6.45, 7) is 4.63. The Morgan fingerprint density at radius 1 is 1.13 bits per heavy atom. The number of anilines is 3. The highest BCUT2D eigenvalue weighted by atomic mass is 15.2. The molecular weight excluding hydrogens is 288 g/mol. The molecule has 23 heavy (non-hydrogen) atoms. The first-order valence-corrected chi connectivity index (χ1v) is 8.06. The molecule has 0 bridgehead atoms. The van der Waals surface area contributed by atoms with Gasteiger partial charge in [0.15, 0.2) is 5.65 Å². The first kappa shape index (κ1) is 14.0. The van der Waals surface area contributed by atoms with Crippen LogP contribution in [-0.2, 0) is 0 Å². The van der Waals surface area contributed by atoms with Gasteiger partial charge in [0, 0.05) is 24.5 Å². The van der Waals surface area contributed by atoms with Gasteiger partial charge in [-0.05, 0) is 43.0 Å². The lowest BCUT2D eigenvalue weighted by molar-refractivity contribution is 0.438. The lowest BCUT2D eigenvalue weighted by Crippen LogP contribution is -2.32. The molecule has 0 atom stereocenters. The topological polar surface area (TPSA) is 69.7 Å². The predicted octanol–water partition coefficient (Wildman–Crippen LogP) is 3.33. The van der Waals surface area contributed by atoms with E-state index < -0.39 is 0 Å². The van der Waals surface area contributed by atoms with E-state index in [1.807, 2.05) is 0 Å². The summed E-state index contributed by atoms with van der Waals surface area (Å²) in [7, 11) is 0. The minimum atomic E-state index is 0.738. The summed E-state index contributed by atoms with van der Waals surface area (Å²) in [5.74, 6) is 1.62. The van der Waals surface area contributed by atoms with Gasteiger partial charge in [0.05, 0.1) is 11.6 Å². The number of benzene rings is 1. The number of aromatic amines is 1. The van der Waals surface area contributed by atoms with Crippen LogP contribution in [0.2, 0.25) is 0 Å². The van der Waals surface area contributed by atoms with E-state index in [2.05, 4.69) is 61.6 Å². The van der Waals surface area contributed by atoms with E-state index in [-0.39, 0.29) is 0 Å². The number of H-pyrrole nitrogens is 1. The van der Waals surface area contributed by atoms with Gasteiger partial charge >= 0.3 is 0 Å². The van der Waals surface area contributed by atoms with Gasteiger partial charge in [0.1, 0.15) is 12.1 Å². The molecule has 2 N–H and O–H groups in total. The predicted molar refractivity (Wildman–Crippen MR) is 92.0 cm³/mol. The van der Waals surface area contributed by atoms with Crippen LogP contribution in [0.3, 0.4) is 0 Å². The highest BCUT2D eigenvalue weighted by Gasteiger charge is 2.15. The molecule has 0 radical (unpaired) electrons. The quantitative estimate of drug-likeness (QED) is 0.776. The third kappa shape index (κ3) is 2.84. The van der Waals surface area contributed by atoms with E-state index >= 15 is 0 Å². The van der Waals surface area contributed by atoms with Crippen LogP contribution in [0.25, 0.3) is 11.0 Å². The fraction of sp³-hybridized carbons (Fsp3) is 0.353. The molecule has 118 valence electrons. The molecular formula is C17H20N6. The highest BCUT2D eigenvalue weighted by molar-refractivity contribution is 5.87. The largest absolute Gasteiger partial charge is 0.372 e. The molecule has 1 aliphatic heterocycles. The van der Waals surface area contributed by atoms with Gasteiger partial charge < -0.3 is 10.2 Å². The third-order valence-electron chi connectivity index (χ3n) is 4.53. The monoisotopic (exact) mass is 308 g/mol. The third-order valence-corrected chi connectivity index (χ3v) is 4.53. The standard InChI is InChI=1S/C17H20N6/c1-12-6-8-23(9-7-12)14-4-2-13(3-5-14)21-16-15-10-20-22-17(15)19-11-18-16/h2-5,10-12H,6-9H2,1H3,(H2,18,19,20,21,22). The van der Waals surface area contributed by atoms with Crippen molar-refractivity contribution in [1.82, 2.24) is 20.2 Å². The molecule has 0 spiro atoms. The Morgan fingerprint density at radius 2 is 1.91 bits per heavy atom. The Kier molecular flexibility index (Phi) is 3.57. The maximum Gasteiger partial charge on any atom is 0.160 e. The van der Waals surface area contributed by atoms with Crippen molar-refractivity contribution < 1.29 is 0 Å². The fourth-order valence-corrected chi connectivity index (χ4v) is 3.02. The van der Waals surface area contributed by atoms with E-state index in [9.17, 15) is 0 Å². The SMILES string of the molecule is CC1CCN(c2ccc(Nc3ncnc4[nH]ncc34)cc2)CC1. The van der Waals surface area contributed by atoms with Crippen molar-refractivity contribution in [3.63, 3.8) is 0 Å². The minimum absolute atomic E-state index is 0.738. The van der Waals surface area contributed by atoms with Gasteiger partial charge in [-0.15, -0.1) is 0 Å². The number of hydrogen-bond acceptors (Lipinski definition) is 5. The molecule has 1 fully saturated rings. The molecule has 6 nitrogen and oxygen atoms in total. The summed E-state index contributed by atoms with van der Waals surface area (Å²) in [5.41, 5.74) is 3.04. The maximum atomic E-state index is 4.30. The zero-order chi connectivity index (χ0) is 15.6. The average Bonchev–Trinajstić information content (AvgIpc) is 3.06. The molecule has 1 aliphatic rings. The number of aromatic nitrogens is 4. The first-order valence-electron chi connectivity index (χ1n) is 8.06. The Labute approximate surface area is 135 Å². The molecule has 0 saturated carbocycles. The highest BCUT2D eigenvalue weighted by Crippen LogP contribution is 2.26. The average molecular weight is 308 g/mol. The molecule has 0 amide bonds. The molecule has 0 aliphatic carbocycles. The van der Waals surface area contributed by atoms with Crippen LogP contribution in [-0.4, -0.2) is 33.3 Å². The van der Waals surface area contributed by atoms with Crippen molar-refractivity contribution in [2.75, 3.05) is 23.3 Å². The zero-order valence-corrected chi connectivity index (χ0v) is 13.2. The Bertz CT molecular complexity index is 786. The van der Waals surface area contributed by atoms with E-state index in [4.69, 9.17) is 0 Å². The molecule has 3 aromatic rings. The van der Waals surface area contributed by atoms with Crippen molar-refractivity contribution in [2.45, 2.75) is 19.8 Å². The summed E-state index contributed by atoms with van der Waals surface area (Å²) in [6, 6.07) is 8.54. The van der Waals surface area contributed by atoms with Gasteiger partial charge in [-0.1, -0.05) is 6.92 Å². The number of nitrogens with zero attached hydrogens (tertiary/aromatic N) is 4. The van der Waals surface area contributed by atoms with Gasteiger partial charge in [-0.2, -0.15) is 5.10 Å². The normalized spacial score (nSPS) is 16.0. The number of piperidine rings is 1. The Morgan fingerprint density at radius 3 is 2.70 bits per heavy atom. The Balaban J connectivity index is 1.51. The van der Waals surface area contributed by atoms with Crippen LogP contribution in [0.1, 0.15) is 19.8 Å². The summed E-state index contributed by atoms with van der Waals surface area (Å²) in [4.78, 5) is 10.9. The van der Waals surface area contributed by atoms with Crippen molar-refractivity contribution in [1.29, 1.82) is 0 Å². The van der Waals surface area contributed by atoms with Crippen LogP contribution in [0, 0.1) is 5.92 Å². The van der Waals surface area contributed by atoms with E-state index in [1.54, 1.807) is 6.20 Å². The number of hydrogen-bond donors (Lipinski definition) is 2. The second-order valence-corrected chi connectivity index (χ2v) is 6.20. The fourth-order valence-electron chi connectivity index (χ4n) is 3.02. The summed E-state index contributed by atoms with van der Waals surface area (Å²) >= 11 is 0. The van der Waals surface area contributed by atoms with Gasteiger partial charge in [0.25, 0.3) is 0 Å². The molecule has 1 saturated heterocycles. The maximum absolute atomic E-state index is 4.30. The summed E-state index contributed by atoms with van der Waals surface area (Å²) in [6.07, 6.45) is 5.83. The van der Waals surface area contributed by atoms with Gasteiger partial charge in [0.2, 0.25) is 0 Å². The second kappa shape index (κ2) is 5.87. The number of rotatable bonds is 3. The van der Waals surface area contributed by atoms with Crippen molar-refractivity contribution >= 4 is 28.2 Å². The Hall–Kier alpha value is -2.63. The molecule has 4 rings (SSSR count). The van der Waals surface area contributed by atoms with Crippen molar-refractivity contribution in [3.05, 3.63) is 36.8 Å². The lowest BCUT2D eigenvalue weighted by atomic mass is 9.99. The van der Waals surface area contributed by atoms with Crippen LogP contribution in [0.4, 0.5) is 17.2 Å². The van der Waals surface area contributed by atoms with E-state index in [0.29, 0.717) is 0 Å². The van der Waals surface area contributed by atoms with Crippen LogP contribution in [0.15, 0.2) is 36.8 Å². The zero-order valence-electron chi connectivity index (χ0n) is 13.2. The number of nitrogens with one attached hydrogen (secondary N) is 2. The van der Waals surface area contributed by atoms with Gasteiger partial charge in [-0.25, -0.2) is 9.97 Å². The molecule has 0 unspecified atom stereocenters. The molecule has 6 heteroatoms. The smallest absolute Gasteiger partial charge is 0.160 e. The van der Waals surface area contributed by atoms with E-state index in [0.717, 1.165) is 41.5 Å². The van der Waals surface area contributed by atoms with Crippen LogP contribution < -0.4 is 10.2 Å². The molecule has 2 aromatic heterocycles.